The van der Waals surface area contributed by atoms with Crippen molar-refractivity contribution in [3.8, 4) is 5.75 Å². The molecule has 5 rings (SSSR count). The molecule has 198 valence electrons. The molecule has 9 nitrogen and oxygen atoms in total. The maximum atomic E-state index is 6.45. The van der Waals surface area contributed by atoms with Gasteiger partial charge in [0.1, 0.15) is 12.4 Å². The van der Waals surface area contributed by atoms with Crippen LogP contribution in [0.25, 0.3) is 11.3 Å². The van der Waals surface area contributed by atoms with E-state index in [0.29, 0.717) is 43.0 Å². The molecular weight excluding hydrogens is 584 g/mol. The lowest BCUT2D eigenvalue weighted by Gasteiger charge is -2.14. The van der Waals surface area contributed by atoms with Gasteiger partial charge in [-0.25, -0.2) is 9.61 Å². The lowest BCUT2D eigenvalue weighted by Crippen LogP contribution is -2.05. The van der Waals surface area contributed by atoms with Crippen molar-refractivity contribution in [2.24, 2.45) is 5.10 Å². The molecule has 13 heteroatoms. The van der Waals surface area contributed by atoms with Gasteiger partial charge in [0.2, 0.25) is 11.3 Å². The average molecular weight is 603 g/mol. The lowest BCUT2D eigenvalue weighted by atomic mass is 10.1. The van der Waals surface area contributed by atoms with Gasteiger partial charge < -0.3 is 10.1 Å². The number of benzene rings is 3. The van der Waals surface area contributed by atoms with Gasteiger partial charge in [-0.15, -0.1) is 0 Å². The zero-order chi connectivity index (χ0) is 27.5. The first kappa shape index (κ1) is 27.0. The summed E-state index contributed by atoms with van der Waals surface area (Å²) in [5.74, 6) is 1.04. The summed E-state index contributed by atoms with van der Waals surface area (Å²) in [5, 5.41) is 16.9. The van der Waals surface area contributed by atoms with Crippen LogP contribution in [0, 0.1) is 13.8 Å². The van der Waals surface area contributed by atoms with E-state index in [1.54, 1.807) is 30.3 Å². The molecule has 2 N–H and O–H groups in total. The van der Waals surface area contributed by atoms with Gasteiger partial charge in [-0.2, -0.15) is 10.1 Å². The van der Waals surface area contributed by atoms with E-state index in [2.05, 4.69) is 36.1 Å². The minimum absolute atomic E-state index is 0.150. The SMILES string of the molecule is Cc1cccc(Nc2nc3nonc3nc2NN=Cc2cc(Cl)cc(Cl)c2OCc2ccc(Cl)cc2Cl)c1C. The number of ether oxygens (including phenoxy) is 1. The van der Waals surface area contributed by atoms with Crippen LogP contribution in [0.2, 0.25) is 20.1 Å². The fraction of sp³-hybridized carbons (Fsp3) is 0.115. The number of nitrogens with one attached hydrogen (secondary N) is 2. The van der Waals surface area contributed by atoms with Crippen molar-refractivity contribution in [2.45, 2.75) is 20.5 Å². The van der Waals surface area contributed by atoms with Gasteiger partial charge in [0.25, 0.3) is 0 Å². The molecule has 2 heterocycles. The Balaban J connectivity index is 1.42. The van der Waals surface area contributed by atoms with Crippen LogP contribution in [-0.4, -0.2) is 26.5 Å². The molecule has 0 saturated carbocycles. The number of nitrogens with zero attached hydrogens (tertiary/aromatic N) is 5. The number of hydrogen-bond donors (Lipinski definition) is 2. The average Bonchev–Trinajstić information content (AvgIpc) is 3.34. The second-order valence-electron chi connectivity index (χ2n) is 8.41. The Labute approximate surface area is 243 Å². The summed E-state index contributed by atoms with van der Waals surface area (Å²) in [6.45, 7) is 4.18. The van der Waals surface area contributed by atoms with E-state index in [4.69, 9.17) is 55.8 Å². The third-order valence-corrected chi connectivity index (χ3v) is 6.86. The van der Waals surface area contributed by atoms with Crippen molar-refractivity contribution in [3.63, 3.8) is 0 Å². The standard InChI is InChI=1S/C26H19Cl4N7O2/c1-13-4-3-5-21(14(13)2)32-23-24(34-26-25(33-23)36-39-37-26)35-31-11-16-8-18(28)10-20(30)22(16)38-12-15-6-7-17(27)9-19(15)29/h3-11H,12H2,1-2H3,(H,32,33,36)(H,34,35,37). The van der Waals surface area contributed by atoms with Gasteiger partial charge in [-0.3, -0.25) is 5.43 Å². The van der Waals surface area contributed by atoms with Crippen molar-refractivity contribution in [1.82, 2.24) is 20.3 Å². The Morgan fingerprint density at radius 3 is 2.41 bits per heavy atom. The Morgan fingerprint density at radius 2 is 1.64 bits per heavy atom. The van der Waals surface area contributed by atoms with E-state index in [0.717, 1.165) is 22.4 Å². The highest BCUT2D eigenvalue weighted by atomic mass is 35.5. The van der Waals surface area contributed by atoms with Gasteiger partial charge in [0, 0.05) is 31.9 Å². The summed E-state index contributed by atoms with van der Waals surface area (Å²) in [5.41, 5.74) is 7.65. The van der Waals surface area contributed by atoms with Gasteiger partial charge in [0.05, 0.1) is 11.2 Å². The maximum Gasteiger partial charge on any atom is 0.245 e. The summed E-state index contributed by atoms with van der Waals surface area (Å²) in [4.78, 5) is 8.92. The molecule has 0 radical (unpaired) electrons. The highest BCUT2D eigenvalue weighted by Crippen LogP contribution is 2.33. The Morgan fingerprint density at radius 1 is 0.897 bits per heavy atom. The van der Waals surface area contributed by atoms with Crippen molar-refractivity contribution < 1.29 is 9.37 Å². The molecule has 0 bridgehead atoms. The number of anilines is 3. The first-order valence-electron chi connectivity index (χ1n) is 11.5. The number of rotatable bonds is 8. The second-order valence-corrected chi connectivity index (χ2v) is 10.1. The number of halogens is 4. The second kappa shape index (κ2) is 11.6. The van der Waals surface area contributed by atoms with Crippen LogP contribution >= 0.6 is 46.4 Å². The Kier molecular flexibility index (Phi) is 8.04. The predicted octanol–water partition coefficient (Wildman–Crippen LogP) is 8.01. The van der Waals surface area contributed by atoms with Crippen molar-refractivity contribution in [1.29, 1.82) is 0 Å². The Bertz CT molecular complexity index is 1710. The van der Waals surface area contributed by atoms with E-state index in [-0.39, 0.29) is 17.9 Å². The van der Waals surface area contributed by atoms with Crippen LogP contribution < -0.4 is 15.5 Å². The molecule has 0 atom stereocenters. The van der Waals surface area contributed by atoms with Crippen molar-refractivity contribution >= 4 is 81.2 Å². The summed E-state index contributed by atoms with van der Waals surface area (Å²) in [7, 11) is 0. The molecule has 0 aliphatic heterocycles. The first-order valence-corrected chi connectivity index (χ1v) is 13.0. The topological polar surface area (TPSA) is 110 Å². The first-order chi connectivity index (χ1) is 18.8. The van der Waals surface area contributed by atoms with Gasteiger partial charge >= 0.3 is 0 Å². The quantitative estimate of drug-likeness (QED) is 0.136. The third-order valence-electron chi connectivity index (χ3n) is 5.77. The van der Waals surface area contributed by atoms with E-state index >= 15 is 0 Å². The molecule has 0 aliphatic rings. The Hall–Kier alpha value is -3.63. The van der Waals surface area contributed by atoms with Gasteiger partial charge in [-0.05, 0) is 65.6 Å². The molecule has 0 amide bonds. The third kappa shape index (κ3) is 6.17. The molecule has 0 saturated heterocycles. The zero-order valence-electron chi connectivity index (χ0n) is 20.5. The number of aromatic nitrogens is 4. The molecule has 3 aromatic carbocycles. The molecule has 0 spiro atoms. The van der Waals surface area contributed by atoms with E-state index in [1.165, 1.54) is 6.21 Å². The highest BCUT2D eigenvalue weighted by molar-refractivity contribution is 6.36. The van der Waals surface area contributed by atoms with Crippen LogP contribution in [0.1, 0.15) is 22.3 Å². The van der Waals surface area contributed by atoms with Crippen LogP contribution in [0.3, 0.4) is 0 Å². The van der Waals surface area contributed by atoms with Crippen molar-refractivity contribution in [3.05, 3.63) is 90.9 Å². The highest BCUT2D eigenvalue weighted by Gasteiger charge is 2.15. The van der Waals surface area contributed by atoms with Crippen LogP contribution in [0.4, 0.5) is 17.3 Å². The van der Waals surface area contributed by atoms with Crippen LogP contribution in [-0.2, 0) is 6.61 Å². The molecule has 2 aromatic heterocycles. The summed E-state index contributed by atoms with van der Waals surface area (Å²) >= 11 is 25.0. The van der Waals surface area contributed by atoms with Gasteiger partial charge in [-0.1, -0.05) is 64.6 Å². The molecule has 39 heavy (non-hydrogen) atoms. The zero-order valence-corrected chi connectivity index (χ0v) is 23.5. The number of hydrazone groups is 1. The maximum absolute atomic E-state index is 6.45. The largest absolute Gasteiger partial charge is 0.487 e. The molecular formula is C26H19Cl4N7O2. The number of fused-ring (bicyclic) bond motifs is 1. The van der Waals surface area contributed by atoms with E-state index in [9.17, 15) is 0 Å². The molecule has 0 fully saturated rings. The minimum Gasteiger partial charge on any atom is -0.487 e. The molecule has 0 unspecified atom stereocenters. The fourth-order valence-electron chi connectivity index (χ4n) is 3.60. The van der Waals surface area contributed by atoms with Crippen molar-refractivity contribution in [2.75, 3.05) is 10.7 Å². The molecule has 0 aliphatic carbocycles. The fourth-order valence-corrected chi connectivity index (χ4v) is 4.62. The number of hydrogen-bond acceptors (Lipinski definition) is 9. The van der Waals surface area contributed by atoms with Crippen LogP contribution in [0.15, 0.2) is 58.3 Å². The number of aryl methyl sites for hydroxylation is 1. The summed E-state index contributed by atoms with van der Waals surface area (Å²) < 4.78 is 10.8. The van der Waals surface area contributed by atoms with Crippen LogP contribution in [0.5, 0.6) is 5.75 Å². The predicted molar refractivity (Wildman–Crippen MR) is 155 cm³/mol. The summed E-state index contributed by atoms with van der Waals surface area (Å²) in [6, 6.07) is 14.3. The monoisotopic (exact) mass is 601 g/mol. The van der Waals surface area contributed by atoms with E-state index in [1.807, 2.05) is 32.0 Å². The van der Waals surface area contributed by atoms with Gasteiger partial charge in [0.15, 0.2) is 11.6 Å². The minimum atomic E-state index is 0.150. The van der Waals surface area contributed by atoms with E-state index < -0.39 is 0 Å². The molecule has 5 aromatic rings. The lowest BCUT2D eigenvalue weighted by molar-refractivity contribution is 0.306. The normalized spacial score (nSPS) is 11.3. The smallest absolute Gasteiger partial charge is 0.245 e. The summed E-state index contributed by atoms with van der Waals surface area (Å²) in [6.07, 6.45) is 1.51.